The number of fused-ring (bicyclic) bond motifs is 9. The van der Waals surface area contributed by atoms with Gasteiger partial charge in [0.1, 0.15) is 0 Å². The second kappa shape index (κ2) is 6.48. The Morgan fingerprint density at radius 1 is 0.719 bits per heavy atom. The summed E-state index contributed by atoms with van der Waals surface area (Å²) in [6, 6.07) is 27.6. The van der Waals surface area contributed by atoms with Crippen molar-refractivity contribution in [3.63, 3.8) is 0 Å². The van der Waals surface area contributed by atoms with Crippen molar-refractivity contribution in [3.05, 3.63) is 112 Å². The van der Waals surface area contributed by atoms with Gasteiger partial charge in [0.2, 0.25) is 0 Å². The number of thiophene rings is 1. The van der Waals surface area contributed by atoms with Gasteiger partial charge in [-0.1, -0.05) is 66.7 Å². The molecule has 2 unspecified atom stereocenters. The van der Waals surface area contributed by atoms with Gasteiger partial charge in [0.15, 0.2) is 0 Å². The number of rotatable bonds is 3. The molecule has 0 spiro atoms. The van der Waals surface area contributed by atoms with E-state index in [0.717, 1.165) is 0 Å². The predicted molar refractivity (Wildman–Crippen MR) is 125 cm³/mol. The molecule has 4 heterocycles. The maximum Gasteiger partial charge on any atom is 0.263 e. The Balaban J connectivity index is 1.39. The Morgan fingerprint density at radius 3 is 2.09 bits per heavy atom. The average molecular weight is 435 g/mol. The second-order valence-corrected chi connectivity index (χ2v) is 9.53. The SMILES string of the molecule is O=C1C2=C(C(=O)N1c1ccccc1)C1c3c(sc4ccccc34)C2N1Cc1ccccc1. The van der Waals surface area contributed by atoms with Crippen LogP contribution >= 0.6 is 11.3 Å². The molecule has 5 heteroatoms. The summed E-state index contributed by atoms with van der Waals surface area (Å²) < 4.78 is 1.22. The lowest BCUT2D eigenvalue weighted by atomic mass is 9.90. The predicted octanol–water partition coefficient (Wildman–Crippen LogP) is 5.38. The standard InChI is InChI=1S/C27H18N2O2S/c30-26-21-22(27(31)29(26)17-11-5-2-6-12-17)24-25-20(18-13-7-8-14-19(18)32-25)23(21)28(24)15-16-9-3-1-4-10-16/h1-14,23-24H,15H2. The Hall–Kier alpha value is -3.54. The lowest BCUT2D eigenvalue weighted by Crippen LogP contribution is -2.37. The highest BCUT2D eigenvalue weighted by molar-refractivity contribution is 7.19. The van der Waals surface area contributed by atoms with Gasteiger partial charge in [0.25, 0.3) is 11.8 Å². The highest BCUT2D eigenvalue weighted by Gasteiger charge is 2.60. The van der Waals surface area contributed by atoms with Gasteiger partial charge < -0.3 is 0 Å². The van der Waals surface area contributed by atoms with Gasteiger partial charge in [-0.25, -0.2) is 4.90 Å². The fourth-order valence-corrected chi connectivity index (χ4v) is 6.89. The summed E-state index contributed by atoms with van der Waals surface area (Å²) in [6.07, 6.45) is 0. The molecule has 0 aliphatic carbocycles. The van der Waals surface area contributed by atoms with Crippen molar-refractivity contribution in [3.8, 4) is 0 Å². The molecule has 154 valence electrons. The molecule has 2 amide bonds. The summed E-state index contributed by atoms with van der Waals surface area (Å²) in [5, 5.41) is 1.20. The largest absolute Gasteiger partial charge is 0.276 e. The van der Waals surface area contributed by atoms with Crippen molar-refractivity contribution < 1.29 is 9.59 Å². The van der Waals surface area contributed by atoms with Crippen LogP contribution in [-0.4, -0.2) is 16.7 Å². The quantitative estimate of drug-likeness (QED) is 0.406. The van der Waals surface area contributed by atoms with Gasteiger partial charge in [0, 0.05) is 16.1 Å². The summed E-state index contributed by atoms with van der Waals surface area (Å²) in [4.78, 5) is 32.2. The number of para-hydroxylation sites is 1. The number of hydrogen-bond donors (Lipinski definition) is 0. The molecule has 7 rings (SSSR count). The zero-order valence-electron chi connectivity index (χ0n) is 17.1. The van der Waals surface area contributed by atoms with Crippen LogP contribution in [0.2, 0.25) is 0 Å². The van der Waals surface area contributed by atoms with Gasteiger partial charge in [-0.15, -0.1) is 11.3 Å². The fourth-order valence-electron chi connectivity index (χ4n) is 5.52. The Kier molecular flexibility index (Phi) is 3.66. The Morgan fingerprint density at radius 2 is 1.34 bits per heavy atom. The monoisotopic (exact) mass is 434 g/mol. The topological polar surface area (TPSA) is 40.6 Å². The molecule has 3 aliphatic rings. The Labute approximate surface area is 189 Å². The van der Waals surface area contributed by atoms with Crippen LogP contribution in [0.3, 0.4) is 0 Å². The molecule has 2 bridgehead atoms. The summed E-state index contributed by atoms with van der Waals surface area (Å²) >= 11 is 1.76. The van der Waals surface area contributed by atoms with Crippen LogP contribution < -0.4 is 4.90 Å². The first-order chi connectivity index (χ1) is 15.7. The zero-order chi connectivity index (χ0) is 21.4. The van der Waals surface area contributed by atoms with Gasteiger partial charge >= 0.3 is 0 Å². The molecule has 32 heavy (non-hydrogen) atoms. The first-order valence-corrected chi connectivity index (χ1v) is 11.5. The maximum atomic E-state index is 13.7. The van der Waals surface area contributed by atoms with Gasteiger partial charge in [0.05, 0.1) is 28.9 Å². The van der Waals surface area contributed by atoms with E-state index in [-0.39, 0.29) is 23.9 Å². The minimum Gasteiger partial charge on any atom is -0.276 e. The average Bonchev–Trinajstić information content (AvgIpc) is 3.51. The van der Waals surface area contributed by atoms with Crippen molar-refractivity contribution in [2.75, 3.05) is 4.90 Å². The van der Waals surface area contributed by atoms with E-state index in [4.69, 9.17) is 0 Å². The molecule has 2 atom stereocenters. The molecule has 4 nitrogen and oxygen atoms in total. The first kappa shape index (κ1) is 18.1. The molecule has 0 fully saturated rings. The molecule has 0 saturated heterocycles. The van der Waals surface area contributed by atoms with Crippen molar-refractivity contribution in [2.24, 2.45) is 0 Å². The minimum atomic E-state index is -0.188. The van der Waals surface area contributed by atoms with Gasteiger partial charge in [-0.2, -0.15) is 0 Å². The van der Waals surface area contributed by atoms with Gasteiger partial charge in [-0.3, -0.25) is 14.5 Å². The van der Waals surface area contributed by atoms with E-state index in [1.807, 2.05) is 54.6 Å². The van der Waals surface area contributed by atoms with E-state index in [1.54, 1.807) is 11.3 Å². The van der Waals surface area contributed by atoms with Gasteiger partial charge in [-0.05, 0) is 34.7 Å². The van der Waals surface area contributed by atoms with E-state index in [0.29, 0.717) is 23.4 Å². The molecule has 4 aromatic rings. The molecule has 1 aromatic heterocycles. The normalized spacial score (nSPS) is 21.7. The van der Waals surface area contributed by atoms with E-state index >= 15 is 0 Å². The summed E-state index contributed by atoms with van der Waals surface area (Å²) in [6.45, 7) is 0.699. The number of amides is 2. The van der Waals surface area contributed by atoms with E-state index in [1.165, 1.54) is 31.0 Å². The van der Waals surface area contributed by atoms with Crippen LogP contribution in [0.15, 0.2) is 96.1 Å². The first-order valence-electron chi connectivity index (χ1n) is 10.7. The van der Waals surface area contributed by atoms with E-state index < -0.39 is 0 Å². The second-order valence-electron chi connectivity index (χ2n) is 8.45. The molecule has 0 saturated carbocycles. The molecular formula is C27H18N2O2S. The van der Waals surface area contributed by atoms with Crippen LogP contribution in [0.5, 0.6) is 0 Å². The van der Waals surface area contributed by atoms with Crippen LogP contribution in [-0.2, 0) is 16.1 Å². The summed E-state index contributed by atoms with van der Waals surface area (Å²) in [5.41, 5.74) is 4.36. The summed E-state index contributed by atoms with van der Waals surface area (Å²) in [5.74, 6) is -0.354. The highest BCUT2D eigenvalue weighted by atomic mass is 32.1. The van der Waals surface area contributed by atoms with E-state index in [9.17, 15) is 9.59 Å². The molecule has 3 aliphatic heterocycles. The van der Waals surface area contributed by atoms with Crippen molar-refractivity contribution in [1.29, 1.82) is 0 Å². The fraction of sp³-hybridized carbons (Fsp3) is 0.111. The number of hydrogen-bond acceptors (Lipinski definition) is 4. The maximum absolute atomic E-state index is 13.7. The third kappa shape index (κ3) is 2.24. The number of benzene rings is 3. The van der Waals surface area contributed by atoms with E-state index in [2.05, 4.69) is 35.2 Å². The molecule has 0 N–H and O–H groups in total. The number of carbonyl (C=O) groups excluding carboxylic acids is 2. The summed E-state index contributed by atoms with van der Waals surface area (Å²) in [7, 11) is 0. The van der Waals surface area contributed by atoms with Crippen molar-refractivity contribution >= 4 is 38.9 Å². The molecule has 0 radical (unpaired) electrons. The third-order valence-electron chi connectivity index (χ3n) is 6.77. The molecular weight excluding hydrogens is 416 g/mol. The van der Waals surface area contributed by atoms with Crippen LogP contribution in [0.1, 0.15) is 28.1 Å². The molecule has 3 aromatic carbocycles. The number of imide groups is 1. The third-order valence-corrected chi connectivity index (χ3v) is 8.01. The van der Waals surface area contributed by atoms with Crippen molar-refractivity contribution in [2.45, 2.75) is 18.6 Å². The van der Waals surface area contributed by atoms with Crippen molar-refractivity contribution in [1.82, 2.24) is 4.90 Å². The minimum absolute atomic E-state index is 0.173. The number of carbonyl (C=O) groups is 2. The Bertz CT molecular complexity index is 1460. The number of anilines is 1. The van der Waals surface area contributed by atoms with Crippen LogP contribution in [0.4, 0.5) is 5.69 Å². The smallest absolute Gasteiger partial charge is 0.263 e. The highest BCUT2D eigenvalue weighted by Crippen LogP contribution is 2.63. The van der Waals surface area contributed by atoms with Crippen LogP contribution in [0, 0.1) is 0 Å². The number of nitrogens with zero attached hydrogens (tertiary/aromatic N) is 2. The zero-order valence-corrected chi connectivity index (χ0v) is 17.9. The lowest BCUT2D eigenvalue weighted by molar-refractivity contribution is -0.121. The lowest BCUT2D eigenvalue weighted by Gasteiger charge is -2.28. The van der Waals surface area contributed by atoms with Crippen LogP contribution in [0.25, 0.3) is 10.1 Å².